The van der Waals surface area contributed by atoms with Gasteiger partial charge < -0.3 is 20.5 Å². The van der Waals surface area contributed by atoms with Gasteiger partial charge in [-0.05, 0) is 68.4 Å². The van der Waals surface area contributed by atoms with Crippen LogP contribution in [0.15, 0.2) is 65.3 Å². The molecule has 5 aromatic rings. The molecule has 0 spiro atoms. The second-order valence-electron chi connectivity index (χ2n) is 7.69. The van der Waals surface area contributed by atoms with Crippen LogP contribution in [-0.2, 0) is 6.54 Å². The number of amidine groups is 1. The second kappa shape index (κ2) is 7.73. The maximum absolute atomic E-state index is 7.49. The average Bonchev–Trinajstić information content (AvgIpc) is 3.52. The van der Waals surface area contributed by atoms with Crippen molar-refractivity contribution in [3.8, 4) is 17.1 Å². The van der Waals surface area contributed by atoms with Crippen molar-refractivity contribution in [2.24, 2.45) is 5.73 Å². The third-order valence-corrected chi connectivity index (χ3v) is 5.42. The van der Waals surface area contributed by atoms with E-state index < -0.39 is 0 Å². The Bertz CT molecular complexity index is 1410. The molecular weight excluding hydrogens is 402 g/mol. The first-order valence-electron chi connectivity index (χ1n) is 10.3. The molecule has 0 aliphatic carbocycles. The summed E-state index contributed by atoms with van der Waals surface area (Å²) in [7, 11) is 0. The Balaban J connectivity index is 1.44. The van der Waals surface area contributed by atoms with Crippen molar-refractivity contribution in [1.29, 1.82) is 5.41 Å². The van der Waals surface area contributed by atoms with Crippen LogP contribution in [0.4, 0.5) is 5.69 Å². The van der Waals surface area contributed by atoms with Gasteiger partial charge in [0.1, 0.15) is 17.4 Å². The van der Waals surface area contributed by atoms with Crippen molar-refractivity contribution in [3.63, 3.8) is 0 Å². The Morgan fingerprint density at radius 1 is 1.16 bits per heavy atom. The molecule has 0 unspecified atom stereocenters. The highest BCUT2D eigenvalue weighted by molar-refractivity contribution is 5.95. The predicted octanol–water partition coefficient (Wildman–Crippen LogP) is 4.52. The van der Waals surface area contributed by atoms with Gasteiger partial charge in [-0.25, -0.2) is 9.67 Å². The van der Waals surface area contributed by atoms with Crippen LogP contribution in [0.5, 0.6) is 0 Å². The number of H-pyrrole nitrogens is 1. The SMILES string of the molecule is Cc1cc(-c2ccco2)n(-c2ccc3[nH]c(CNc4ccc(C(=N)N)cc4)nc3c2C)n1. The highest BCUT2D eigenvalue weighted by atomic mass is 16.3. The molecule has 5 rings (SSSR count). The number of nitrogens with one attached hydrogen (secondary N) is 3. The molecule has 0 radical (unpaired) electrons. The van der Waals surface area contributed by atoms with Gasteiger partial charge in [-0.3, -0.25) is 5.41 Å². The standard InChI is InChI=1S/C24H23N7O/c1-14-12-20(21-4-3-11-32-21)31(30-14)19-10-9-18-23(15(19)2)29-22(28-18)13-27-17-7-5-16(6-8-17)24(25)26/h3-12,27H,13H2,1-2H3,(H3,25,26)(H,28,29). The lowest BCUT2D eigenvalue weighted by molar-refractivity contribution is 0.576. The predicted molar refractivity (Wildman–Crippen MR) is 125 cm³/mol. The second-order valence-corrected chi connectivity index (χ2v) is 7.69. The summed E-state index contributed by atoms with van der Waals surface area (Å²) in [5, 5.41) is 15.5. The number of rotatable bonds is 6. The first-order chi connectivity index (χ1) is 15.5. The van der Waals surface area contributed by atoms with E-state index in [-0.39, 0.29) is 5.84 Å². The zero-order valence-electron chi connectivity index (χ0n) is 17.8. The first kappa shape index (κ1) is 19.6. The number of hydrogen-bond acceptors (Lipinski definition) is 5. The summed E-state index contributed by atoms with van der Waals surface area (Å²) >= 11 is 0. The lowest BCUT2D eigenvalue weighted by atomic mass is 10.1. The summed E-state index contributed by atoms with van der Waals surface area (Å²) in [6, 6.07) is 17.3. The van der Waals surface area contributed by atoms with Gasteiger partial charge >= 0.3 is 0 Å². The molecule has 8 heteroatoms. The number of anilines is 1. The lowest BCUT2D eigenvalue weighted by Crippen LogP contribution is -2.10. The molecule has 0 saturated carbocycles. The van der Waals surface area contributed by atoms with Crippen LogP contribution in [-0.4, -0.2) is 25.6 Å². The van der Waals surface area contributed by atoms with Crippen molar-refractivity contribution >= 4 is 22.6 Å². The molecule has 32 heavy (non-hydrogen) atoms. The van der Waals surface area contributed by atoms with Crippen molar-refractivity contribution in [2.75, 3.05) is 5.32 Å². The van der Waals surface area contributed by atoms with Crippen LogP contribution >= 0.6 is 0 Å². The molecule has 0 fully saturated rings. The molecule has 5 N–H and O–H groups in total. The Morgan fingerprint density at radius 2 is 1.97 bits per heavy atom. The fourth-order valence-corrected chi connectivity index (χ4v) is 3.80. The number of furan rings is 1. The smallest absolute Gasteiger partial charge is 0.152 e. The van der Waals surface area contributed by atoms with Crippen molar-refractivity contribution in [1.82, 2.24) is 19.7 Å². The van der Waals surface area contributed by atoms with E-state index in [2.05, 4.69) is 22.3 Å². The normalized spacial score (nSPS) is 11.2. The van der Waals surface area contributed by atoms with Crippen LogP contribution in [0.1, 0.15) is 22.6 Å². The summed E-state index contributed by atoms with van der Waals surface area (Å²) < 4.78 is 7.52. The first-order valence-corrected chi connectivity index (χ1v) is 10.3. The number of aryl methyl sites for hydroxylation is 2. The minimum absolute atomic E-state index is 0.0581. The molecular formula is C24H23N7O. The molecule has 0 atom stereocenters. The number of aromatic amines is 1. The van der Waals surface area contributed by atoms with E-state index in [0.29, 0.717) is 12.1 Å². The van der Waals surface area contributed by atoms with Gasteiger partial charge in [0.15, 0.2) is 5.76 Å². The van der Waals surface area contributed by atoms with E-state index in [0.717, 1.165) is 50.9 Å². The summed E-state index contributed by atoms with van der Waals surface area (Å²) in [4.78, 5) is 8.21. The summed E-state index contributed by atoms with van der Waals surface area (Å²) in [6.45, 7) is 4.57. The zero-order valence-corrected chi connectivity index (χ0v) is 17.8. The minimum Gasteiger partial charge on any atom is -0.463 e. The zero-order chi connectivity index (χ0) is 22.2. The Hall–Kier alpha value is -4.33. The average molecular weight is 425 g/mol. The van der Waals surface area contributed by atoms with E-state index in [1.165, 1.54) is 0 Å². The van der Waals surface area contributed by atoms with E-state index in [4.69, 9.17) is 20.5 Å². The topological polar surface area (TPSA) is 122 Å². The van der Waals surface area contributed by atoms with E-state index in [1.807, 2.05) is 66.2 Å². The van der Waals surface area contributed by atoms with Gasteiger partial charge in [-0.15, -0.1) is 0 Å². The molecule has 2 aromatic carbocycles. The highest BCUT2D eigenvalue weighted by Crippen LogP contribution is 2.29. The number of nitrogens with zero attached hydrogens (tertiary/aromatic N) is 3. The third-order valence-electron chi connectivity index (χ3n) is 5.42. The fraction of sp³-hybridized carbons (Fsp3) is 0.125. The third kappa shape index (κ3) is 3.51. The number of fused-ring (bicyclic) bond motifs is 1. The van der Waals surface area contributed by atoms with Crippen LogP contribution in [0.2, 0.25) is 0 Å². The van der Waals surface area contributed by atoms with Gasteiger partial charge in [0, 0.05) is 16.8 Å². The molecule has 0 aliphatic heterocycles. The van der Waals surface area contributed by atoms with Crippen molar-refractivity contribution in [3.05, 3.63) is 83.5 Å². The Kier molecular flexibility index (Phi) is 4.74. The maximum Gasteiger partial charge on any atom is 0.152 e. The van der Waals surface area contributed by atoms with E-state index >= 15 is 0 Å². The number of nitrogen functional groups attached to an aromatic ring is 1. The molecule has 0 aliphatic rings. The van der Waals surface area contributed by atoms with E-state index in [9.17, 15) is 0 Å². The number of aromatic nitrogens is 4. The summed E-state index contributed by atoms with van der Waals surface area (Å²) in [6.07, 6.45) is 1.67. The highest BCUT2D eigenvalue weighted by Gasteiger charge is 2.16. The molecule has 3 aromatic heterocycles. The molecule has 0 amide bonds. The number of benzene rings is 2. The van der Waals surface area contributed by atoms with Gasteiger partial charge in [-0.2, -0.15) is 5.10 Å². The quantitative estimate of drug-likeness (QED) is 0.235. The molecule has 0 bridgehead atoms. The summed E-state index contributed by atoms with van der Waals surface area (Å²) in [5.74, 6) is 1.66. The number of imidazole rings is 1. The number of hydrogen-bond donors (Lipinski definition) is 4. The van der Waals surface area contributed by atoms with Crippen molar-refractivity contribution < 1.29 is 4.42 Å². The largest absolute Gasteiger partial charge is 0.463 e. The molecule has 3 heterocycles. The van der Waals surface area contributed by atoms with Gasteiger partial charge in [0.25, 0.3) is 0 Å². The van der Waals surface area contributed by atoms with E-state index in [1.54, 1.807) is 6.26 Å². The summed E-state index contributed by atoms with van der Waals surface area (Å²) in [5.41, 5.74) is 12.8. The monoisotopic (exact) mass is 425 g/mol. The molecule has 8 nitrogen and oxygen atoms in total. The van der Waals surface area contributed by atoms with Gasteiger partial charge in [-0.1, -0.05) is 0 Å². The van der Waals surface area contributed by atoms with Gasteiger partial charge in [0.2, 0.25) is 0 Å². The fourth-order valence-electron chi connectivity index (χ4n) is 3.80. The van der Waals surface area contributed by atoms with Crippen molar-refractivity contribution in [2.45, 2.75) is 20.4 Å². The van der Waals surface area contributed by atoms with Crippen LogP contribution in [0.25, 0.3) is 28.2 Å². The van der Waals surface area contributed by atoms with Crippen LogP contribution in [0, 0.1) is 19.3 Å². The Morgan fingerprint density at radius 3 is 2.69 bits per heavy atom. The Labute approximate surface area is 184 Å². The van der Waals surface area contributed by atoms with Crippen LogP contribution in [0.3, 0.4) is 0 Å². The maximum atomic E-state index is 7.49. The van der Waals surface area contributed by atoms with Crippen LogP contribution < -0.4 is 11.1 Å². The van der Waals surface area contributed by atoms with Gasteiger partial charge in [0.05, 0.1) is 35.2 Å². The molecule has 160 valence electrons. The molecule has 0 saturated heterocycles. The minimum atomic E-state index is 0.0581. The number of nitrogens with two attached hydrogens (primary N) is 1. The lowest BCUT2D eigenvalue weighted by Gasteiger charge is -2.09.